The number of fused-ring (bicyclic) bond motifs is 1. The van der Waals surface area contributed by atoms with Gasteiger partial charge < -0.3 is 10.7 Å². The number of carbonyl (C=O) groups excluding carboxylic acids is 1. The van der Waals surface area contributed by atoms with E-state index in [0.29, 0.717) is 28.4 Å². The number of hydrogen-bond acceptors (Lipinski definition) is 2. The van der Waals surface area contributed by atoms with Crippen molar-refractivity contribution in [3.63, 3.8) is 0 Å². The molecule has 0 aliphatic heterocycles. The van der Waals surface area contributed by atoms with Gasteiger partial charge in [-0.15, -0.1) is 0 Å². The van der Waals surface area contributed by atoms with Gasteiger partial charge >= 0.3 is 0 Å². The van der Waals surface area contributed by atoms with Gasteiger partial charge in [-0.2, -0.15) is 5.10 Å². The summed E-state index contributed by atoms with van der Waals surface area (Å²) >= 11 is 6.01. The fourth-order valence-electron chi connectivity index (χ4n) is 3.77. The number of nitrogens with two attached hydrogens (primary N) is 1. The lowest BCUT2D eigenvalue weighted by Crippen LogP contribution is -2.15. The zero-order valence-corrected chi connectivity index (χ0v) is 17.2. The SMILES string of the molecule is Cc1c(F)c(F)c2c(CCc3n[nH]c(Cc4cccc(Cl)c4)c3C(N)=O)c[nH]c2c1F. The summed E-state index contributed by atoms with van der Waals surface area (Å²) < 4.78 is 42.8. The molecule has 0 unspecified atom stereocenters. The van der Waals surface area contributed by atoms with Crippen molar-refractivity contribution in [2.75, 3.05) is 0 Å². The van der Waals surface area contributed by atoms with Crippen molar-refractivity contribution in [3.8, 4) is 0 Å². The van der Waals surface area contributed by atoms with Crippen LogP contribution in [0.5, 0.6) is 0 Å². The Morgan fingerprint density at radius 1 is 1.16 bits per heavy atom. The number of hydrogen-bond donors (Lipinski definition) is 3. The monoisotopic (exact) mass is 446 g/mol. The summed E-state index contributed by atoms with van der Waals surface area (Å²) in [5, 5.41) is 7.45. The molecule has 1 amide bonds. The number of halogens is 4. The van der Waals surface area contributed by atoms with E-state index in [1.807, 2.05) is 6.07 Å². The molecule has 5 nitrogen and oxygen atoms in total. The molecule has 4 rings (SSSR count). The molecule has 2 heterocycles. The summed E-state index contributed by atoms with van der Waals surface area (Å²) in [6, 6.07) is 7.17. The highest BCUT2D eigenvalue weighted by Crippen LogP contribution is 2.30. The van der Waals surface area contributed by atoms with Crippen molar-refractivity contribution in [2.24, 2.45) is 5.73 Å². The van der Waals surface area contributed by atoms with Crippen LogP contribution in [0, 0.1) is 24.4 Å². The van der Waals surface area contributed by atoms with Crippen LogP contribution in [0.15, 0.2) is 30.5 Å². The van der Waals surface area contributed by atoms with Crippen LogP contribution in [0.4, 0.5) is 13.2 Å². The molecular formula is C22H18ClF3N4O. The normalized spacial score (nSPS) is 11.4. The standard InChI is InChI=1S/C22H18ClF3N4O/c1-10-18(24)20(26)16-12(9-28-21(16)19(10)25)5-6-14-17(22(27)31)15(30-29-14)8-11-3-2-4-13(23)7-11/h2-4,7,9,28H,5-6,8H2,1H3,(H2,27,31)(H,29,30). The number of H-pyrrole nitrogens is 2. The Labute approximate surface area is 180 Å². The van der Waals surface area contributed by atoms with E-state index in [1.54, 1.807) is 18.2 Å². The van der Waals surface area contributed by atoms with E-state index < -0.39 is 23.4 Å². The Morgan fingerprint density at radius 3 is 2.65 bits per heavy atom. The number of aromatic amines is 2. The van der Waals surface area contributed by atoms with Crippen LogP contribution in [0.25, 0.3) is 10.9 Å². The summed E-state index contributed by atoms with van der Waals surface area (Å²) in [7, 11) is 0. The molecule has 0 aliphatic carbocycles. The van der Waals surface area contributed by atoms with E-state index in [4.69, 9.17) is 17.3 Å². The first kappa shape index (κ1) is 21.0. The average molecular weight is 447 g/mol. The Kier molecular flexibility index (Phi) is 5.49. The molecule has 0 bridgehead atoms. The summed E-state index contributed by atoms with van der Waals surface area (Å²) in [6.07, 6.45) is 2.21. The van der Waals surface area contributed by atoms with Crippen LogP contribution >= 0.6 is 11.6 Å². The number of carbonyl (C=O) groups is 1. The van der Waals surface area contributed by atoms with Crippen molar-refractivity contribution in [2.45, 2.75) is 26.2 Å². The molecule has 2 aromatic heterocycles. The number of amides is 1. The molecule has 0 radical (unpaired) electrons. The summed E-state index contributed by atoms with van der Waals surface area (Å²) in [5.74, 6) is -3.81. The highest BCUT2D eigenvalue weighted by Gasteiger charge is 2.23. The molecule has 0 saturated carbocycles. The lowest BCUT2D eigenvalue weighted by Gasteiger charge is -2.06. The van der Waals surface area contributed by atoms with Crippen LogP contribution in [-0.4, -0.2) is 21.1 Å². The maximum Gasteiger partial charge on any atom is 0.252 e. The van der Waals surface area contributed by atoms with Gasteiger partial charge in [-0.05, 0) is 43.0 Å². The van der Waals surface area contributed by atoms with Gasteiger partial charge in [0, 0.05) is 28.6 Å². The molecule has 0 atom stereocenters. The van der Waals surface area contributed by atoms with Crippen LogP contribution < -0.4 is 5.73 Å². The number of aryl methyl sites for hydroxylation is 2. The second-order valence-electron chi connectivity index (χ2n) is 7.33. The quantitative estimate of drug-likeness (QED) is 0.373. The molecule has 9 heteroatoms. The van der Waals surface area contributed by atoms with E-state index in [-0.39, 0.29) is 34.9 Å². The fourth-order valence-corrected chi connectivity index (χ4v) is 3.98. The Morgan fingerprint density at radius 2 is 1.94 bits per heavy atom. The minimum absolute atomic E-state index is 0.0924. The lowest BCUT2D eigenvalue weighted by atomic mass is 10.0. The molecule has 2 aromatic carbocycles. The summed E-state index contributed by atoms with van der Waals surface area (Å²) in [4.78, 5) is 14.8. The molecule has 160 valence electrons. The van der Waals surface area contributed by atoms with Crippen LogP contribution in [0.1, 0.15) is 38.4 Å². The minimum Gasteiger partial charge on any atom is -0.365 e. The van der Waals surface area contributed by atoms with Crippen LogP contribution in [0.2, 0.25) is 5.02 Å². The van der Waals surface area contributed by atoms with Crippen molar-refractivity contribution in [1.82, 2.24) is 15.2 Å². The van der Waals surface area contributed by atoms with E-state index >= 15 is 0 Å². The molecule has 4 N–H and O–H groups in total. The maximum atomic E-state index is 14.5. The Bertz CT molecular complexity index is 1310. The second kappa shape index (κ2) is 8.11. The Hall–Kier alpha value is -3.26. The number of rotatable bonds is 6. The van der Waals surface area contributed by atoms with Crippen LogP contribution in [0.3, 0.4) is 0 Å². The van der Waals surface area contributed by atoms with Gasteiger partial charge in [0.1, 0.15) is 0 Å². The third kappa shape index (κ3) is 3.79. The molecule has 4 aromatic rings. The third-order valence-corrected chi connectivity index (χ3v) is 5.55. The third-order valence-electron chi connectivity index (χ3n) is 5.32. The molecule has 31 heavy (non-hydrogen) atoms. The number of benzene rings is 2. The highest BCUT2D eigenvalue weighted by molar-refractivity contribution is 6.30. The van der Waals surface area contributed by atoms with Crippen molar-refractivity contribution >= 4 is 28.4 Å². The summed E-state index contributed by atoms with van der Waals surface area (Å²) in [6.45, 7) is 1.18. The zero-order valence-electron chi connectivity index (χ0n) is 16.5. The van der Waals surface area contributed by atoms with Gasteiger partial charge in [0.15, 0.2) is 17.5 Å². The zero-order chi connectivity index (χ0) is 22.3. The predicted molar refractivity (Wildman–Crippen MR) is 112 cm³/mol. The van der Waals surface area contributed by atoms with Gasteiger partial charge in [0.2, 0.25) is 0 Å². The summed E-state index contributed by atoms with van der Waals surface area (Å²) in [5.41, 5.74) is 7.51. The molecule has 0 spiro atoms. The first-order valence-electron chi connectivity index (χ1n) is 9.51. The van der Waals surface area contributed by atoms with Crippen molar-refractivity contribution < 1.29 is 18.0 Å². The largest absolute Gasteiger partial charge is 0.365 e. The van der Waals surface area contributed by atoms with Crippen molar-refractivity contribution in [1.29, 1.82) is 0 Å². The minimum atomic E-state index is -1.22. The molecule has 0 saturated heterocycles. The fraction of sp³-hybridized carbons (Fsp3) is 0.182. The predicted octanol–water partition coefficient (Wildman–Crippen LogP) is 4.75. The van der Waals surface area contributed by atoms with E-state index in [2.05, 4.69) is 15.2 Å². The molecule has 0 aliphatic rings. The first-order valence-corrected chi connectivity index (χ1v) is 9.89. The first-order chi connectivity index (χ1) is 14.8. The van der Waals surface area contributed by atoms with Crippen molar-refractivity contribution in [3.05, 3.63) is 86.6 Å². The van der Waals surface area contributed by atoms with E-state index in [1.165, 1.54) is 13.1 Å². The number of aromatic nitrogens is 3. The average Bonchev–Trinajstić information content (AvgIpc) is 3.33. The highest BCUT2D eigenvalue weighted by atomic mass is 35.5. The van der Waals surface area contributed by atoms with Gasteiger partial charge in [0.25, 0.3) is 5.91 Å². The smallest absolute Gasteiger partial charge is 0.252 e. The second-order valence-corrected chi connectivity index (χ2v) is 7.76. The van der Waals surface area contributed by atoms with Crippen LogP contribution in [-0.2, 0) is 19.3 Å². The van der Waals surface area contributed by atoms with E-state index in [9.17, 15) is 18.0 Å². The molecule has 0 fully saturated rings. The topological polar surface area (TPSA) is 87.6 Å². The maximum absolute atomic E-state index is 14.5. The van der Waals surface area contributed by atoms with Gasteiger partial charge in [-0.1, -0.05) is 23.7 Å². The molecular weight excluding hydrogens is 429 g/mol. The number of primary amides is 1. The Balaban J connectivity index is 1.64. The van der Waals surface area contributed by atoms with Gasteiger partial charge in [0.05, 0.1) is 22.5 Å². The number of nitrogens with one attached hydrogen (secondary N) is 2. The lowest BCUT2D eigenvalue weighted by molar-refractivity contribution is 0.0998. The van der Waals surface area contributed by atoms with E-state index in [0.717, 1.165) is 5.56 Å². The number of nitrogens with zero attached hydrogens (tertiary/aromatic N) is 1. The van der Waals surface area contributed by atoms with Gasteiger partial charge in [-0.3, -0.25) is 9.89 Å². The van der Waals surface area contributed by atoms with Gasteiger partial charge in [-0.25, -0.2) is 13.2 Å².